The number of nitrogens with zero attached hydrogens (tertiary/aromatic N) is 1. The zero-order valence-corrected chi connectivity index (χ0v) is 16.2. The van der Waals surface area contributed by atoms with Gasteiger partial charge in [0, 0.05) is 10.8 Å². The first-order chi connectivity index (χ1) is 12.0. The number of thiophene rings is 1. The average Bonchev–Trinajstić information content (AvgIpc) is 2.91. The molecule has 0 atom stereocenters. The van der Waals surface area contributed by atoms with Crippen molar-refractivity contribution in [3.8, 4) is 10.6 Å². The smallest absolute Gasteiger partial charge is 0.200 e. The minimum Gasteiger partial charge on any atom is -0.200 e. The van der Waals surface area contributed by atoms with Crippen LogP contribution >= 0.6 is 11.3 Å². The Bertz CT molecular complexity index is 1070. The van der Waals surface area contributed by atoms with E-state index < -0.39 is 0 Å². The van der Waals surface area contributed by atoms with E-state index in [4.69, 9.17) is 0 Å². The summed E-state index contributed by atoms with van der Waals surface area (Å²) < 4.78 is 3.63. The normalized spacial score (nSPS) is 11.7. The predicted molar refractivity (Wildman–Crippen MR) is 109 cm³/mol. The Hall–Kier alpha value is -2.19. The maximum absolute atomic E-state index is 2.36. The number of pyridine rings is 1. The molecule has 0 spiro atoms. The molecule has 0 radical (unpaired) electrons. The number of benzene rings is 2. The van der Waals surface area contributed by atoms with Gasteiger partial charge in [0.1, 0.15) is 11.9 Å². The molecule has 0 saturated carbocycles. The Morgan fingerprint density at radius 2 is 1.80 bits per heavy atom. The standard InChI is InChI=1S/C23H24NS/c1-15(2)13-17-9-10-20-18(14-17)11-12-24(4)22(20)23-16(3)19-7-5-6-8-21(19)25-23/h5-12,14-15H,13H2,1-4H3/q+1. The number of aromatic nitrogens is 1. The number of fused-ring (bicyclic) bond motifs is 2. The van der Waals surface area contributed by atoms with Crippen molar-refractivity contribution < 1.29 is 4.57 Å². The highest BCUT2D eigenvalue weighted by Gasteiger charge is 2.21. The lowest BCUT2D eigenvalue weighted by Gasteiger charge is -2.08. The molecule has 25 heavy (non-hydrogen) atoms. The second kappa shape index (κ2) is 6.27. The van der Waals surface area contributed by atoms with Gasteiger partial charge in [0.05, 0.1) is 5.39 Å². The van der Waals surface area contributed by atoms with Gasteiger partial charge in [-0.3, -0.25) is 0 Å². The second-order valence-corrected chi connectivity index (χ2v) is 8.40. The monoisotopic (exact) mass is 346 g/mol. The number of hydrogen-bond donors (Lipinski definition) is 0. The molecular weight excluding hydrogens is 322 g/mol. The van der Waals surface area contributed by atoms with Crippen molar-refractivity contribution in [3.63, 3.8) is 0 Å². The van der Waals surface area contributed by atoms with Gasteiger partial charge in [-0.2, -0.15) is 4.57 Å². The van der Waals surface area contributed by atoms with Crippen molar-refractivity contribution in [1.29, 1.82) is 0 Å². The van der Waals surface area contributed by atoms with Gasteiger partial charge in [-0.1, -0.05) is 44.2 Å². The van der Waals surface area contributed by atoms with E-state index in [1.807, 2.05) is 11.3 Å². The zero-order valence-electron chi connectivity index (χ0n) is 15.3. The maximum Gasteiger partial charge on any atom is 0.230 e. The van der Waals surface area contributed by atoms with E-state index in [2.05, 4.69) is 87.1 Å². The van der Waals surface area contributed by atoms with E-state index in [1.165, 1.54) is 42.6 Å². The highest BCUT2D eigenvalue weighted by Crippen LogP contribution is 2.39. The second-order valence-electron chi connectivity index (χ2n) is 7.35. The molecule has 0 N–H and O–H groups in total. The summed E-state index contributed by atoms with van der Waals surface area (Å²) in [5, 5.41) is 4.05. The van der Waals surface area contributed by atoms with Gasteiger partial charge in [-0.05, 0) is 53.3 Å². The van der Waals surface area contributed by atoms with Crippen molar-refractivity contribution in [3.05, 3.63) is 65.9 Å². The lowest BCUT2D eigenvalue weighted by molar-refractivity contribution is -0.659. The number of aryl methyl sites for hydroxylation is 2. The van der Waals surface area contributed by atoms with Crippen LogP contribution in [0.3, 0.4) is 0 Å². The van der Waals surface area contributed by atoms with E-state index in [9.17, 15) is 0 Å². The summed E-state index contributed by atoms with van der Waals surface area (Å²) >= 11 is 1.90. The highest BCUT2D eigenvalue weighted by atomic mass is 32.1. The first-order valence-corrected chi connectivity index (χ1v) is 9.76. The zero-order chi connectivity index (χ0) is 17.6. The van der Waals surface area contributed by atoms with Crippen LogP contribution in [0.5, 0.6) is 0 Å². The van der Waals surface area contributed by atoms with Gasteiger partial charge in [0.15, 0.2) is 6.20 Å². The SMILES string of the molecule is Cc1c(-c2c3ccc(CC(C)C)cc3cc[n+]2C)sc2ccccc12. The molecule has 2 heterocycles. The molecule has 0 aliphatic rings. The molecule has 4 rings (SSSR count). The number of hydrogen-bond acceptors (Lipinski definition) is 1. The minimum absolute atomic E-state index is 0.682. The van der Waals surface area contributed by atoms with Crippen LogP contribution in [0.1, 0.15) is 25.0 Å². The lowest BCUT2D eigenvalue weighted by atomic mass is 9.98. The van der Waals surface area contributed by atoms with Crippen LogP contribution in [0.2, 0.25) is 0 Å². The molecular formula is C23H24NS+. The Morgan fingerprint density at radius 1 is 1.00 bits per heavy atom. The molecule has 126 valence electrons. The first-order valence-electron chi connectivity index (χ1n) is 8.94. The fourth-order valence-corrected chi connectivity index (χ4v) is 5.01. The Morgan fingerprint density at radius 3 is 2.56 bits per heavy atom. The summed E-state index contributed by atoms with van der Waals surface area (Å²) in [7, 11) is 2.15. The van der Waals surface area contributed by atoms with Crippen LogP contribution in [0.4, 0.5) is 0 Å². The predicted octanol–water partition coefficient (Wildman–Crippen LogP) is 6.05. The summed E-state index contributed by atoms with van der Waals surface area (Å²) in [4.78, 5) is 1.38. The maximum atomic E-state index is 2.36. The molecule has 0 saturated heterocycles. The fourth-order valence-electron chi connectivity index (χ4n) is 3.70. The van der Waals surface area contributed by atoms with Gasteiger partial charge in [0.2, 0.25) is 5.69 Å². The van der Waals surface area contributed by atoms with Gasteiger partial charge >= 0.3 is 0 Å². The Kier molecular flexibility index (Phi) is 4.09. The quantitative estimate of drug-likeness (QED) is 0.397. The van der Waals surface area contributed by atoms with Gasteiger partial charge < -0.3 is 0 Å². The van der Waals surface area contributed by atoms with Gasteiger partial charge in [-0.15, -0.1) is 11.3 Å². The van der Waals surface area contributed by atoms with E-state index in [1.54, 1.807) is 0 Å². The van der Waals surface area contributed by atoms with E-state index in [0.717, 1.165) is 6.42 Å². The molecule has 4 aromatic rings. The van der Waals surface area contributed by atoms with Crippen molar-refractivity contribution in [2.75, 3.05) is 0 Å². The minimum atomic E-state index is 0.682. The topological polar surface area (TPSA) is 3.88 Å². The van der Waals surface area contributed by atoms with Crippen molar-refractivity contribution in [2.45, 2.75) is 27.2 Å². The van der Waals surface area contributed by atoms with Crippen LogP contribution in [0.15, 0.2) is 54.7 Å². The summed E-state index contributed by atoms with van der Waals surface area (Å²) in [6.45, 7) is 6.81. The Balaban J connectivity index is 1.96. The lowest BCUT2D eigenvalue weighted by Crippen LogP contribution is -2.30. The van der Waals surface area contributed by atoms with E-state index in [0.29, 0.717) is 5.92 Å². The highest BCUT2D eigenvalue weighted by molar-refractivity contribution is 7.22. The summed E-state index contributed by atoms with van der Waals surface area (Å²) in [6, 6.07) is 17.9. The van der Waals surface area contributed by atoms with Crippen molar-refractivity contribution in [2.24, 2.45) is 13.0 Å². The van der Waals surface area contributed by atoms with Crippen LogP contribution in [-0.2, 0) is 13.5 Å². The van der Waals surface area contributed by atoms with Crippen LogP contribution < -0.4 is 4.57 Å². The van der Waals surface area contributed by atoms with Crippen molar-refractivity contribution in [1.82, 2.24) is 0 Å². The summed E-state index contributed by atoms with van der Waals surface area (Å²) in [5.41, 5.74) is 4.14. The molecule has 0 aliphatic carbocycles. The van der Waals surface area contributed by atoms with Crippen molar-refractivity contribution >= 4 is 32.2 Å². The Labute approximate surface area is 153 Å². The third kappa shape index (κ3) is 2.85. The molecule has 0 aliphatic heterocycles. The summed E-state index contributed by atoms with van der Waals surface area (Å²) in [6.07, 6.45) is 3.33. The fraction of sp³-hybridized carbons (Fsp3) is 0.261. The molecule has 0 bridgehead atoms. The molecule has 0 unspecified atom stereocenters. The molecule has 0 amide bonds. The first kappa shape index (κ1) is 16.3. The van der Waals surface area contributed by atoms with E-state index >= 15 is 0 Å². The van der Waals surface area contributed by atoms with Crippen LogP contribution in [-0.4, -0.2) is 0 Å². The van der Waals surface area contributed by atoms with Crippen LogP contribution in [0.25, 0.3) is 31.4 Å². The third-order valence-corrected chi connectivity index (χ3v) is 6.18. The van der Waals surface area contributed by atoms with Gasteiger partial charge in [0.25, 0.3) is 0 Å². The van der Waals surface area contributed by atoms with Gasteiger partial charge in [-0.25, -0.2) is 0 Å². The number of rotatable bonds is 3. The largest absolute Gasteiger partial charge is 0.230 e. The molecule has 2 aromatic heterocycles. The van der Waals surface area contributed by atoms with E-state index in [-0.39, 0.29) is 0 Å². The molecule has 2 heteroatoms. The summed E-state index contributed by atoms with van der Waals surface area (Å²) in [5.74, 6) is 0.682. The average molecular weight is 347 g/mol. The molecule has 0 fully saturated rings. The third-order valence-electron chi connectivity index (χ3n) is 4.90. The molecule has 2 aromatic carbocycles. The molecule has 1 nitrogen and oxygen atoms in total. The van der Waals surface area contributed by atoms with Crippen LogP contribution in [0, 0.1) is 12.8 Å².